The third-order valence-electron chi connectivity index (χ3n) is 2.94. The summed E-state index contributed by atoms with van der Waals surface area (Å²) in [5.41, 5.74) is 2.63. The van der Waals surface area contributed by atoms with Gasteiger partial charge in [0.1, 0.15) is 0 Å². The van der Waals surface area contributed by atoms with Crippen LogP contribution in [0, 0.1) is 0 Å². The summed E-state index contributed by atoms with van der Waals surface area (Å²) in [6.07, 6.45) is 5.53. The first-order chi connectivity index (χ1) is 7.45. The maximum Gasteiger partial charge on any atom is 0.277 e. The Bertz CT molecular complexity index is 451. The Morgan fingerprint density at radius 1 is 0.750 bits per heavy atom. The molecule has 2 aromatic heterocycles. The second kappa shape index (κ2) is 4.74. The molecule has 2 nitrogen and oxygen atoms in total. The quantitative estimate of drug-likeness (QED) is 0.510. The van der Waals surface area contributed by atoms with Gasteiger partial charge in [0.2, 0.25) is 0 Å². The van der Waals surface area contributed by atoms with Crippen molar-refractivity contribution in [2.75, 3.05) is 0 Å². The van der Waals surface area contributed by atoms with Crippen LogP contribution in [0.5, 0.6) is 0 Å². The molecule has 0 amide bonds. The fraction of sp³-hybridized carbons (Fsp3) is 0.231. The lowest BCUT2D eigenvalue weighted by atomic mass is 10.2. The molecule has 0 fully saturated rings. The lowest BCUT2D eigenvalue weighted by Gasteiger charge is -1.97. The fourth-order valence-electron chi connectivity index (χ4n) is 2.22. The Hall–Kier alpha value is -1.22. The molecule has 1 aliphatic heterocycles. The second-order valence-corrected chi connectivity index (χ2v) is 3.91. The molecule has 1 aliphatic rings. The van der Waals surface area contributed by atoms with Gasteiger partial charge in [0.25, 0.3) is 11.4 Å². The summed E-state index contributed by atoms with van der Waals surface area (Å²) in [7, 11) is 0. The molecule has 0 aromatic carbocycles. The smallest absolute Gasteiger partial charge is 0.277 e. The third kappa shape index (κ3) is 1.87. The van der Waals surface area contributed by atoms with Crippen molar-refractivity contribution < 1.29 is 26.1 Å². The first-order valence-electron chi connectivity index (χ1n) is 5.42. The van der Waals surface area contributed by atoms with Crippen molar-refractivity contribution in [3.63, 3.8) is 0 Å². The van der Waals surface area contributed by atoms with Crippen molar-refractivity contribution in [2.24, 2.45) is 0 Å². The minimum absolute atomic E-state index is 0. The van der Waals surface area contributed by atoms with E-state index in [0.717, 1.165) is 13.1 Å². The van der Waals surface area contributed by atoms with Crippen molar-refractivity contribution in [2.45, 2.75) is 19.5 Å². The highest BCUT2D eigenvalue weighted by molar-refractivity contribution is 5.45. The molecule has 3 heterocycles. The predicted molar refractivity (Wildman–Crippen MR) is 56.9 cm³/mol. The van der Waals surface area contributed by atoms with Gasteiger partial charge in [-0.15, -0.1) is 0 Å². The fourth-order valence-corrected chi connectivity index (χ4v) is 2.22. The van der Waals surface area contributed by atoms with Crippen molar-refractivity contribution in [3.8, 4) is 11.4 Å². The number of hydrogen-bond acceptors (Lipinski definition) is 0. The largest absolute Gasteiger partial charge is 1.00 e. The van der Waals surface area contributed by atoms with Crippen LogP contribution in [0.3, 0.4) is 0 Å². The molecule has 0 radical (unpaired) electrons. The Morgan fingerprint density at radius 3 is 1.75 bits per heavy atom. The topological polar surface area (TPSA) is 7.76 Å². The zero-order valence-corrected chi connectivity index (χ0v) is 10.6. The minimum Gasteiger partial charge on any atom is -1.00 e. The highest BCUT2D eigenvalue weighted by atomic mass is 79.9. The highest BCUT2D eigenvalue weighted by Crippen LogP contribution is 2.11. The Kier molecular flexibility index (Phi) is 3.34. The summed E-state index contributed by atoms with van der Waals surface area (Å²) in [5.74, 6) is 0. The van der Waals surface area contributed by atoms with Gasteiger partial charge in [0, 0.05) is 24.3 Å². The zero-order chi connectivity index (χ0) is 10.1. The Balaban J connectivity index is 0.000000963. The van der Waals surface area contributed by atoms with Crippen LogP contribution >= 0.6 is 0 Å². The van der Waals surface area contributed by atoms with Crippen LogP contribution in [-0.4, -0.2) is 0 Å². The first-order valence-corrected chi connectivity index (χ1v) is 5.42. The molecule has 0 N–H and O–H groups in total. The summed E-state index contributed by atoms with van der Waals surface area (Å²) in [4.78, 5) is 0. The molecule has 0 aliphatic carbocycles. The van der Waals surface area contributed by atoms with Crippen LogP contribution in [0.15, 0.2) is 48.8 Å². The molecule has 16 heavy (non-hydrogen) atoms. The van der Waals surface area contributed by atoms with Crippen molar-refractivity contribution in [3.05, 3.63) is 48.8 Å². The summed E-state index contributed by atoms with van der Waals surface area (Å²) >= 11 is 0. The predicted octanol–water partition coefficient (Wildman–Crippen LogP) is -1.66. The van der Waals surface area contributed by atoms with E-state index in [1.54, 1.807) is 0 Å². The molecule has 0 saturated carbocycles. The van der Waals surface area contributed by atoms with E-state index in [1.165, 1.54) is 17.8 Å². The van der Waals surface area contributed by atoms with Gasteiger partial charge in [-0.3, -0.25) is 0 Å². The van der Waals surface area contributed by atoms with Gasteiger partial charge in [0.15, 0.2) is 25.5 Å². The average molecular weight is 278 g/mol. The molecule has 0 saturated heterocycles. The normalized spacial score (nSPS) is 13.0. The summed E-state index contributed by atoms with van der Waals surface area (Å²) < 4.78 is 4.66. The SMILES string of the molecule is [Br-].c1cc[n+]2c(c1)-c1cccc[n+]1CCC2. The number of nitrogens with zero attached hydrogens (tertiary/aromatic N) is 2. The third-order valence-corrected chi connectivity index (χ3v) is 2.94. The average Bonchev–Trinajstić information content (AvgIpc) is 2.48. The zero-order valence-electron chi connectivity index (χ0n) is 9.01. The van der Waals surface area contributed by atoms with Gasteiger partial charge >= 0.3 is 0 Å². The van der Waals surface area contributed by atoms with Crippen LogP contribution in [-0.2, 0) is 13.1 Å². The number of pyridine rings is 2. The van der Waals surface area contributed by atoms with Crippen LogP contribution in [0.2, 0.25) is 0 Å². The molecular formula is C13H14BrN2+. The van der Waals surface area contributed by atoms with Gasteiger partial charge in [-0.2, -0.15) is 9.13 Å². The number of aromatic nitrogens is 2. The molecule has 0 spiro atoms. The van der Waals surface area contributed by atoms with E-state index in [0.29, 0.717) is 0 Å². The van der Waals surface area contributed by atoms with E-state index >= 15 is 0 Å². The maximum absolute atomic E-state index is 2.33. The van der Waals surface area contributed by atoms with Crippen LogP contribution in [0.4, 0.5) is 0 Å². The van der Waals surface area contributed by atoms with Crippen molar-refractivity contribution in [1.82, 2.24) is 0 Å². The highest BCUT2D eigenvalue weighted by Gasteiger charge is 2.24. The van der Waals surface area contributed by atoms with E-state index in [-0.39, 0.29) is 17.0 Å². The van der Waals surface area contributed by atoms with Gasteiger partial charge < -0.3 is 17.0 Å². The van der Waals surface area contributed by atoms with Gasteiger partial charge in [-0.1, -0.05) is 0 Å². The molecule has 3 rings (SSSR count). The minimum atomic E-state index is 0. The van der Waals surface area contributed by atoms with Gasteiger partial charge in [-0.25, -0.2) is 0 Å². The van der Waals surface area contributed by atoms with E-state index in [4.69, 9.17) is 0 Å². The maximum atomic E-state index is 2.33. The van der Waals surface area contributed by atoms with E-state index < -0.39 is 0 Å². The van der Waals surface area contributed by atoms with Crippen molar-refractivity contribution in [1.29, 1.82) is 0 Å². The number of rotatable bonds is 0. The molecule has 0 bridgehead atoms. The van der Waals surface area contributed by atoms with E-state index in [1.807, 2.05) is 0 Å². The summed E-state index contributed by atoms with van der Waals surface area (Å²) in [6.45, 7) is 2.22. The molecular weight excluding hydrogens is 264 g/mol. The van der Waals surface area contributed by atoms with Crippen LogP contribution in [0.1, 0.15) is 6.42 Å². The molecule has 3 heteroatoms. The van der Waals surface area contributed by atoms with Crippen LogP contribution in [0.25, 0.3) is 11.4 Å². The Morgan fingerprint density at radius 2 is 1.25 bits per heavy atom. The standard InChI is InChI=1S/C13H14N2.BrH/c1-3-8-14-10-5-11-15-9-4-2-7-13(15)12(14)6-1;/h1-4,6-9H,5,10-11H2;1H/q+2;/p-1. The molecule has 82 valence electrons. The molecule has 2 aromatic rings. The second-order valence-electron chi connectivity index (χ2n) is 3.91. The number of aryl methyl sites for hydroxylation is 2. The molecule has 0 unspecified atom stereocenters. The molecule has 0 atom stereocenters. The van der Waals surface area contributed by atoms with Gasteiger partial charge in [-0.05, 0) is 12.1 Å². The first kappa shape index (κ1) is 11.3. The summed E-state index contributed by atoms with van der Waals surface area (Å²) in [6, 6.07) is 12.8. The lowest BCUT2D eigenvalue weighted by Crippen LogP contribution is -3.00. The number of hydrogen-bond donors (Lipinski definition) is 0. The summed E-state index contributed by atoms with van der Waals surface area (Å²) in [5, 5.41) is 0. The van der Waals surface area contributed by atoms with E-state index in [9.17, 15) is 0 Å². The van der Waals surface area contributed by atoms with Gasteiger partial charge in [0.05, 0.1) is 6.42 Å². The van der Waals surface area contributed by atoms with Crippen LogP contribution < -0.4 is 26.1 Å². The number of halogens is 1. The Labute approximate surface area is 106 Å². The lowest BCUT2D eigenvalue weighted by molar-refractivity contribution is -0.688. The monoisotopic (exact) mass is 277 g/mol. The van der Waals surface area contributed by atoms with Crippen molar-refractivity contribution >= 4 is 0 Å². The number of fused-ring (bicyclic) bond motifs is 3. The van der Waals surface area contributed by atoms with E-state index in [2.05, 4.69) is 57.9 Å².